The summed E-state index contributed by atoms with van der Waals surface area (Å²) in [4.78, 5) is 0. The van der Waals surface area contributed by atoms with Crippen molar-refractivity contribution in [2.45, 2.75) is 66.0 Å². The van der Waals surface area contributed by atoms with Gasteiger partial charge in [-0.2, -0.15) is 0 Å². The monoisotopic (exact) mass is 227 g/mol. The van der Waals surface area contributed by atoms with E-state index in [1.807, 2.05) is 0 Å². The second-order valence-electron chi connectivity index (χ2n) is 6.09. The van der Waals surface area contributed by atoms with Gasteiger partial charge in [0, 0.05) is 12.6 Å². The zero-order chi connectivity index (χ0) is 12.2. The Balaban J connectivity index is 2.60. The third-order valence-electron chi connectivity index (χ3n) is 3.32. The van der Waals surface area contributed by atoms with Crippen molar-refractivity contribution in [3.8, 4) is 0 Å². The third-order valence-corrected chi connectivity index (χ3v) is 3.32. The minimum Gasteiger partial charge on any atom is -0.376 e. The average molecular weight is 227 g/mol. The molecule has 96 valence electrons. The van der Waals surface area contributed by atoms with Crippen molar-refractivity contribution in [2.24, 2.45) is 11.3 Å². The molecule has 0 radical (unpaired) electrons. The van der Waals surface area contributed by atoms with Crippen LogP contribution in [0.5, 0.6) is 0 Å². The minimum atomic E-state index is 0.220. The molecule has 0 amide bonds. The van der Waals surface area contributed by atoms with E-state index < -0.39 is 0 Å². The lowest BCUT2D eigenvalue weighted by Gasteiger charge is -2.37. The predicted octanol–water partition coefficient (Wildman–Crippen LogP) is 3.22. The highest BCUT2D eigenvalue weighted by atomic mass is 16.5. The zero-order valence-electron chi connectivity index (χ0n) is 11.7. The van der Waals surface area contributed by atoms with Gasteiger partial charge in [-0.05, 0) is 31.2 Å². The van der Waals surface area contributed by atoms with Crippen LogP contribution in [0.15, 0.2) is 0 Å². The third kappa shape index (κ3) is 4.42. The molecule has 0 aromatic carbocycles. The van der Waals surface area contributed by atoms with Crippen LogP contribution in [0.3, 0.4) is 0 Å². The van der Waals surface area contributed by atoms with Crippen molar-refractivity contribution >= 4 is 0 Å². The number of hydrogen-bond donors (Lipinski definition) is 1. The molecule has 1 saturated carbocycles. The van der Waals surface area contributed by atoms with E-state index >= 15 is 0 Å². The van der Waals surface area contributed by atoms with E-state index in [9.17, 15) is 0 Å². The largest absolute Gasteiger partial charge is 0.376 e. The van der Waals surface area contributed by atoms with Gasteiger partial charge in [0.2, 0.25) is 0 Å². The Hall–Kier alpha value is -0.0800. The van der Waals surface area contributed by atoms with E-state index in [2.05, 4.69) is 39.9 Å². The minimum absolute atomic E-state index is 0.220. The fourth-order valence-corrected chi connectivity index (χ4v) is 2.44. The van der Waals surface area contributed by atoms with Gasteiger partial charge < -0.3 is 10.1 Å². The Morgan fingerprint density at radius 1 is 1.25 bits per heavy atom. The molecule has 2 atom stereocenters. The molecule has 0 aliphatic heterocycles. The Morgan fingerprint density at radius 3 is 2.25 bits per heavy atom. The summed E-state index contributed by atoms with van der Waals surface area (Å²) in [5.74, 6) is 0.953. The van der Waals surface area contributed by atoms with Crippen molar-refractivity contribution in [1.82, 2.24) is 5.32 Å². The molecule has 0 heterocycles. The summed E-state index contributed by atoms with van der Waals surface area (Å²) in [5, 5.41) is 3.62. The van der Waals surface area contributed by atoms with Gasteiger partial charge in [0.1, 0.15) is 0 Å². The molecule has 2 nitrogen and oxygen atoms in total. The van der Waals surface area contributed by atoms with Gasteiger partial charge in [-0.1, -0.05) is 40.5 Å². The normalized spacial score (nSPS) is 20.8. The molecule has 2 heteroatoms. The highest BCUT2D eigenvalue weighted by Crippen LogP contribution is 2.37. The fraction of sp³-hybridized carbons (Fsp3) is 1.00. The van der Waals surface area contributed by atoms with Crippen LogP contribution < -0.4 is 5.32 Å². The number of ether oxygens (including phenoxy) is 1. The van der Waals surface area contributed by atoms with E-state index in [0.29, 0.717) is 12.1 Å². The summed E-state index contributed by atoms with van der Waals surface area (Å²) < 4.78 is 5.99. The second-order valence-corrected chi connectivity index (χ2v) is 6.09. The Kier molecular flexibility index (Phi) is 5.26. The first-order valence-electron chi connectivity index (χ1n) is 6.84. The van der Waals surface area contributed by atoms with Crippen LogP contribution >= 0.6 is 0 Å². The first-order valence-corrected chi connectivity index (χ1v) is 6.84. The van der Waals surface area contributed by atoms with E-state index in [1.54, 1.807) is 0 Å². The van der Waals surface area contributed by atoms with Gasteiger partial charge >= 0.3 is 0 Å². The lowest BCUT2D eigenvalue weighted by Crippen LogP contribution is -2.48. The van der Waals surface area contributed by atoms with Crippen LogP contribution in [-0.4, -0.2) is 25.3 Å². The Bertz CT molecular complexity index is 193. The molecule has 0 bridgehead atoms. The first-order chi connectivity index (χ1) is 7.49. The fourth-order valence-electron chi connectivity index (χ4n) is 2.44. The highest BCUT2D eigenvalue weighted by Gasteiger charge is 2.36. The molecular weight excluding hydrogens is 198 g/mol. The maximum atomic E-state index is 5.99. The summed E-state index contributed by atoms with van der Waals surface area (Å²) in [6.07, 6.45) is 4.46. The summed E-state index contributed by atoms with van der Waals surface area (Å²) >= 11 is 0. The second kappa shape index (κ2) is 6.02. The summed E-state index contributed by atoms with van der Waals surface area (Å²) in [6.45, 7) is 13.0. The van der Waals surface area contributed by atoms with E-state index in [4.69, 9.17) is 4.74 Å². The topological polar surface area (TPSA) is 21.3 Å². The molecule has 16 heavy (non-hydrogen) atoms. The van der Waals surface area contributed by atoms with Gasteiger partial charge in [-0.25, -0.2) is 0 Å². The van der Waals surface area contributed by atoms with Gasteiger partial charge in [0.25, 0.3) is 0 Å². The molecule has 1 aliphatic rings. The van der Waals surface area contributed by atoms with Gasteiger partial charge in [-0.15, -0.1) is 0 Å². The first kappa shape index (κ1) is 14.0. The van der Waals surface area contributed by atoms with Crippen molar-refractivity contribution in [3.63, 3.8) is 0 Å². The molecule has 2 unspecified atom stereocenters. The summed E-state index contributed by atoms with van der Waals surface area (Å²) in [5.41, 5.74) is 0.220. The molecule has 1 N–H and O–H groups in total. The maximum Gasteiger partial charge on any atom is 0.0776 e. The number of likely N-dealkylation sites (N-methyl/N-ethyl adjacent to an activating group) is 1. The van der Waals surface area contributed by atoms with E-state index in [0.717, 1.165) is 19.1 Å². The van der Waals surface area contributed by atoms with Crippen LogP contribution in [0, 0.1) is 11.3 Å². The smallest absolute Gasteiger partial charge is 0.0776 e. The molecule has 1 fully saturated rings. The molecule has 0 aromatic rings. The molecular formula is C14H29NO. The van der Waals surface area contributed by atoms with Crippen molar-refractivity contribution in [1.29, 1.82) is 0 Å². The Morgan fingerprint density at radius 2 is 1.88 bits per heavy atom. The Labute approximate surface area is 101 Å². The lowest BCUT2D eigenvalue weighted by atomic mass is 9.82. The van der Waals surface area contributed by atoms with Gasteiger partial charge in [-0.3, -0.25) is 0 Å². The van der Waals surface area contributed by atoms with Crippen LogP contribution in [0.4, 0.5) is 0 Å². The van der Waals surface area contributed by atoms with Gasteiger partial charge in [0.05, 0.1) is 6.10 Å². The predicted molar refractivity (Wildman–Crippen MR) is 69.7 cm³/mol. The maximum absolute atomic E-state index is 5.99. The van der Waals surface area contributed by atoms with Crippen LogP contribution in [0.25, 0.3) is 0 Å². The molecule has 1 rings (SSSR count). The highest BCUT2D eigenvalue weighted by molar-refractivity contribution is 4.90. The van der Waals surface area contributed by atoms with Gasteiger partial charge in [0.15, 0.2) is 0 Å². The van der Waals surface area contributed by atoms with Crippen molar-refractivity contribution in [3.05, 3.63) is 0 Å². The summed E-state index contributed by atoms with van der Waals surface area (Å²) in [6, 6.07) is 0.525. The van der Waals surface area contributed by atoms with Crippen LogP contribution in [-0.2, 0) is 4.74 Å². The molecule has 0 saturated heterocycles. The van der Waals surface area contributed by atoms with Crippen molar-refractivity contribution < 1.29 is 4.74 Å². The quantitative estimate of drug-likeness (QED) is 0.721. The number of rotatable bonds is 7. The number of nitrogens with one attached hydrogen (secondary N) is 1. The van der Waals surface area contributed by atoms with E-state index in [-0.39, 0.29) is 5.41 Å². The zero-order valence-corrected chi connectivity index (χ0v) is 11.7. The standard InChI is InChI=1S/C14H29NO/c1-6-15-12(10-11-8-9-11)13(16-7-2)14(3,4)5/h11-13,15H,6-10H2,1-5H3. The van der Waals surface area contributed by atoms with E-state index in [1.165, 1.54) is 19.3 Å². The number of hydrogen-bond acceptors (Lipinski definition) is 2. The molecule has 0 aromatic heterocycles. The summed E-state index contributed by atoms with van der Waals surface area (Å²) in [7, 11) is 0. The average Bonchev–Trinajstić information content (AvgIpc) is 2.95. The molecule has 0 spiro atoms. The molecule has 1 aliphatic carbocycles. The van der Waals surface area contributed by atoms with Crippen molar-refractivity contribution in [2.75, 3.05) is 13.2 Å². The van der Waals surface area contributed by atoms with Crippen LogP contribution in [0.2, 0.25) is 0 Å². The SMILES string of the molecule is CCNC(CC1CC1)C(OCC)C(C)(C)C. The lowest BCUT2D eigenvalue weighted by molar-refractivity contribution is -0.0381. The van der Waals surface area contributed by atoms with Crippen LogP contribution in [0.1, 0.15) is 53.9 Å².